The summed E-state index contributed by atoms with van der Waals surface area (Å²) in [6.07, 6.45) is 7.09. The van der Waals surface area contributed by atoms with Crippen molar-refractivity contribution in [2.75, 3.05) is 0 Å². The fraction of sp³-hybridized carbons (Fsp3) is 0.250. The largest absolute Gasteiger partial charge is 0.298 e. The predicted molar refractivity (Wildman–Crippen MR) is 60.9 cm³/mol. The van der Waals surface area contributed by atoms with Gasteiger partial charge < -0.3 is 0 Å². The number of carbonyl (C=O) groups is 1. The molecule has 2 aromatic rings. The number of aryl methyl sites for hydroxylation is 2. The summed E-state index contributed by atoms with van der Waals surface area (Å²) < 4.78 is 1.74. The Hall–Kier alpha value is -1.97. The van der Waals surface area contributed by atoms with Crippen molar-refractivity contribution in [3.05, 3.63) is 41.3 Å². The van der Waals surface area contributed by atoms with Crippen molar-refractivity contribution < 1.29 is 4.79 Å². The second-order valence-electron chi connectivity index (χ2n) is 3.67. The number of hydrogen-bond donors (Lipinski definition) is 0. The molecular formula is C12H13N3O. The highest BCUT2D eigenvalue weighted by atomic mass is 16.1. The maximum Gasteiger partial charge on any atom is 0.156 e. The topological polar surface area (TPSA) is 47.8 Å². The summed E-state index contributed by atoms with van der Waals surface area (Å²) in [4.78, 5) is 14.8. The maximum absolute atomic E-state index is 10.6. The summed E-state index contributed by atoms with van der Waals surface area (Å²) in [6, 6.07) is 1.81. The molecule has 2 heterocycles. The minimum absolute atomic E-state index is 0.587. The van der Waals surface area contributed by atoms with Crippen molar-refractivity contribution in [1.29, 1.82) is 0 Å². The van der Waals surface area contributed by atoms with Crippen LogP contribution in [0.4, 0.5) is 0 Å². The van der Waals surface area contributed by atoms with Gasteiger partial charge in [0, 0.05) is 18.0 Å². The van der Waals surface area contributed by atoms with Gasteiger partial charge in [0.25, 0.3) is 0 Å². The smallest absolute Gasteiger partial charge is 0.156 e. The van der Waals surface area contributed by atoms with E-state index in [1.54, 1.807) is 10.9 Å². The summed E-state index contributed by atoms with van der Waals surface area (Å²) in [6.45, 7) is 4.00. The van der Waals surface area contributed by atoms with Crippen LogP contribution >= 0.6 is 0 Å². The number of carbonyl (C=O) groups excluding carboxylic acids is 1. The summed E-state index contributed by atoms with van der Waals surface area (Å²) in [7, 11) is 0. The van der Waals surface area contributed by atoms with E-state index in [0.717, 1.165) is 24.1 Å². The van der Waals surface area contributed by atoms with Crippen molar-refractivity contribution in [3.63, 3.8) is 0 Å². The van der Waals surface area contributed by atoms with Gasteiger partial charge in [0.15, 0.2) is 12.1 Å². The fourth-order valence-electron chi connectivity index (χ4n) is 1.55. The Morgan fingerprint density at radius 3 is 2.81 bits per heavy atom. The van der Waals surface area contributed by atoms with Gasteiger partial charge in [-0.3, -0.25) is 4.79 Å². The Kier molecular flexibility index (Phi) is 2.81. The van der Waals surface area contributed by atoms with Crippen LogP contribution in [0.25, 0.3) is 5.82 Å². The first-order valence-electron chi connectivity index (χ1n) is 5.20. The monoisotopic (exact) mass is 215 g/mol. The van der Waals surface area contributed by atoms with Crippen LogP contribution in [0.3, 0.4) is 0 Å². The second kappa shape index (κ2) is 4.26. The molecular weight excluding hydrogens is 202 g/mol. The van der Waals surface area contributed by atoms with Crippen LogP contribution in [0.2, 0.25) is 0 Å². The Morgan fingerprint density at radius 1 is 1.44 bits per heavy atom. The molecule has 4 heteroatoms. The molecule has 4 nitrogen and oxygen atoms in total. The molecule has 0 radical (unpaired) electrons. The van der Waals surface area contributed by atoms with Crippen molar-refractivity contribution in [2.24, 2.45) is 0 Å². The summed E-state index contributed by atoms with van der Waals surface area (Å²) in [5.41, 5.74) is 2.69. The van der Waals surface area contributed by atoms with Crippen molar-refractivity contribution in [2.45, 2.75) is 20.3 Å². The van der Waals surface area contributed by atoms with Crippen molar-refractivity contribution >= 4 is 6.29 Å². The molecule has 16 heavy (non-hydrogen) atoms. The lowest BCUT2D eigenvalue weighted by molar-refractivity contribution is 0.112. The minimum atomic E-state index is 0.587. The van der Waals surface area contributed by atoms with E-state index in [9.17, 15) is 4.79 Å². The molecule has 2 rings (SSSR count). The molecule has 2 aromatic heterocycles. The molecule has 0 amide bonds. The Labute approximate surface area is 93.9 Å². The molecule has 0 aliphatic rings. The SMILES string of the molecule is CCc1cnn(-c2ncc(C=O)cc2C)c1. The summed E-state index contributed by atoms with van der Waals surface area (Å²) >= 11 is 0. The van der Waals surface area contributed by atoms with E-state index in [4.69, 9.17) is 0 Å². The van der Waals surface area contributed by atoms with Crippen LogP contribution in [-0.4, -0.2) is 21.1 Å². The van der Waals surface area contributed by atoms with E-state index in [0.29, 0.717) is 5.56 Å². The maximum atomic E-state index is 10.6. The van der Waals surface area contributed by atoms with E-state index < -0.39 is 0 Å². The van der Waals surface area contributed by atoms with Gasteiger partial charge in [-0.2, -0.15) is 5.10 Å². The third-order valence-electron chi connectivity index (χ3n) is 2.47. The van der Waals surface area contributed by atoms with E-state index in [-0.39, 0.29) is 0 Å². The zero-order chi connectivity index (χ0) is 11.5. The molecule has 0 unspecified atom stereocenters. The lowest BCUT2D eigenvalue weighted by Gasteiger charge is -2.04. The van der Waals surface area contributed by atoms with Gasteiger partial charge in [-0.05, 0) is 30.5 Å². The lowest BCUT2D eigenvalue weighted by atomic mass is 10.2. The molecule has 0 aliphatic carbocycles. The lowest BCUT2D eigenvalue weighted by Crippen LogP contribution is -2.01. The third-order valence-corrected chi connectivity index (χ3v) is 2.47. The summed E-state index contributed by atoms with van der Waals surface area (Å²) in [5, 5.41) is 4.24. The van der Waals surface area contributed by atoms with Crippen LogP contribution in [0.15, 0.2) is 24.7 Å². The second-order valence-corrected chi connectivity index (χ2v) is 3.67. The van der Waals surface area contributed by atoms with Gasteiger partial charge in [0.1, 0.15) is 0 Å². The average molecular weight is 215 g/mol. The van der Waals surface area contributed by atoms with E-state index in [1.165, 1.54) is 5.56 Å². The molecule has 0 saturated heterocycles. The quantitative estimate of drug-likeness (QED) is 0.735. The molecule has 0 N–H and O–H groups in total. The zero-order valence-electron chi connectivity index (χ0n) is 9.34. The van der Waals surface area contributed by atoms with E-state index in [2.05, 4.69) is 17.0 Å². The molecule has 0 bridgehead atoms. The van der Waals surface area contributed by atoms with Gasteiger partial charge in [-0.1, -0.05) is 6.92 Å². The molecule has 0 aliphatic heterocycles. The molecule has 0 spiro atoms. The first-order valence-corrected chi connectivity index (χ1v) is 5.20. The van der Waals surface area contributed by atoms with Crippen LogP contribution in [0, 0.1) is 6.92 Å². The molecule has 0 fully saturated rings. The standard InChI is InChI=1S/C12H13N3O/c1-3-10-6-14-15(7-10)12-9(2)4-11(8-16)5-13-12/h4-8H,3H2,1-2H3. The van der Waals surface area contributed by atoms with Crippen LogP contribution in [-0.2, 0) is 6.42 Å². The number of aromatic nitrogens is 3. The number of aldehydes is 1. The van der Waals surface area contributed by atoms with Crippen molar-refractivity contribution in [1.82, 2.24) is 14.8 Å². The van der Waals surface area contributed by atoms with Gasteiger partial charge in [0.05, 0.1) is 6.20 Å². The van der Waals surface area contributed by atoms with Crippen LogP contribution < -0.4 is 0 Å². The first kappa shape index (κ1) is 10.5. The van der Waals surface area contributed by atoms with Crippen LogP contribution in [0.5, 0.6) is 0 Å². The average Bonchev–Trinajstić information content (AvgIpc) is 2.77. The third kappa shape index (κ3) is 1.86. The molecule has 0 aromatic carbocycles. The molecule has 0 saturated carbocycles. The molecule has 0 atom stereocenters. The minimum Gasteiger partial charge on any atom is -0.298 e. The van der Waals surface area contributed by atoms with Crippen LogP contribution in [0.1, 0.15) is 28.4 Å². The number of pyridine rings is 1. The van der Waals surface area contributed by atoms with E-state index >= 15 is 0 Å². The Morgan fingerprint density at radius 2 is 2.25 bits per heavy atom. The number of nitrogens with zero attached hydrogens (tertiary/aromatic N) is 3. The van der Waals surface area contributed by atoms with Gasteiger partial charge in [-0.25, -0.2) is 9.67 Å². The van der Waals surface area contributed by atoms with E-state index in [1.807, 2.05) is 25.4 Å². The highest BCUT2D eigenvalue weighted by molar-refractivity contribution is 5.74. The van der Waals surface area contributed by atoms with Gasteiger partial charge in [-0.15, -0.1) is 0 Å². The number of rotatable bonds is 3. The Balaban J connectivity index is 2.43. The first-order chi connectivity index (χ1) is 7.74. The summed E-state index contributed by atoms with van der Waals surface area (Å²) in [5.74, 6) is 0.769. The highest BCUT2D eigenvalue weighted by Crippen LogP contribution is 2.12. The van der Waals surface area contributed by atoms with Gasteiger partial charge in [0.2, 0.25) is 0 Å². The number of hydrogen-bond acceptors (Lipinski definition) is 3. The molecule has 82 valence electrons. The normalized spacial score (nSPS) is 10.4. The Bertz CT molecular complexity index is 517. The highest BCUT2D eigenvalue weighted by Gasteiger charge is 2.05. The predicted octanol–water partition coefficient (Wildman–Crippen LogP) is 1.95. The van der Waals surface area contributed by atoms with Gasteiger partial charge >= 0.3 is 0 Å². The van der Waals surface area contributed by atoms with Crippen molar-refractivity contribution in [3.8, 4) is 5.82 Å². The fourth-order valence-corrected chi connectivity index (χ4v) is 1.55. The zero-order valence-corrected chi connectivity index (χ0v) is 9.34.